The van der Waals surface area contributed by atoms with E-state index in [4.69, 9.17) is 14.7 Å². The largest absolute Gasteiger partial charge is 0.457 e. The molecule has 0 bridgehead atoms. The second-order valence-electron chi connectivity index (χ2n) is 33.6. The van der Waals surface area contributed by atoms with E-state index in [1.807, 2.05) is 11.8 Å². The summed E-state index contributed by atoms with van der Waals surface area (Å²) in [7, 11) is -10.2. The predicted octanol–water partition coefficient (Wildman–Crippen LogP) is 19.3. The maximum atomic E-state index is 7.43. The van der Waals surface area contributed by atoms with Crippen LogP contribution in [-0.2, 0) is 15.5 Å². The number of imidazole rings is 3. The van der Waals surface area contributed by atoms with Gasteiger partial charge in [-0.1, -0.05) is 371 Å². The van der Waals surface area contributed by atoms with Crippen molar-refractivity contribution in [2.45, 2.75) is 99.9 Å². The van der Waals surface area contributed by atoms with Crippen molar-refractivity contribution in [1.82, 2.24) is 23.3 Å². The average Bonchev–Trinajstić information content (AvgIpc) is 1.00. The molecule has 4 aromatic heterocycles. The van der Waals surface area contributed by atoms with Crippen LogP contribution in [-0.4, -0.2) is 55.6 Å². The highest BCUT2D eigenvalue weighted by atomic mass is 32.2. The number of ether oxygens (including phenoxy) is 1. The molecule has 0 atom stereocenters. The molecule has 18 aromatic rings. The van der Waals surface area contributed by atoms with Gasteiger partial charge >= 0.3 is 0 Å². The highest BCUT2D eigenvalue weighted by Gasteiger charge is 2.53. The Balaban J connectivity index is 0.000000151. The van der Waals surface area contributed by atoms with E-state index in [0.717, 1.165) is 61.0 Å². The summed E-state index contributed by atoms with van der Waals surface area (Å²) in [6.45, 7) is 27.1. The van der Waals surface area contributed by atoms with E-state index in [1.165, 1.54) is 94.5 Å². The maximum Gasteiger partial charge on any atom is 0.220 e. The van der Waals surface area contributed by atoms with Gasteiger partial charge in [0, 0.05) is 21.0 Å². The van der Waals surface area contributed by atoms with Gasteiger partial charge in [-0.15, -0.1) is 0 Å². The molecular weight excluding hydrogens is 1460 g/mol. The number of hydrogen-bond donors (Lipinski definition) is 0. The molecule has 20 rings (SSSR count). The Bertz CT molecular complexity index is 6610. The third kappa shape index (κ3) is 10.8. The zero-order valence-electron chi connectivity index (χ0n) is 65.3. The summed E-state index contributed by atoms with van der Waals surface area (Å²) in [6, 6.07) is 127. The van der Waals surface area contributed by atoms with Gasteiger partial charge in [0.2, 0.25) is 5.78 Å². The second-order valence-corrected chi connectivity index (χ2v) is 53.3. The van der Waals surface area contributed by atoms with Gasteiger partial charge in [-0.3, -0.25) is 13.4 Å². The van der Waals surface area contributed by atoms with E-state index in [0.29, 0.717) is 0 Å². The number of hydrogen-bond acceptors (Lipinski definition) is 5. The van der Waals surface area contributed by atoms with Crippen molar-refractivity contribution < 1.29 is 4.74 Å². The Kier molecular flexibility index (Phi) is 17.1. The van der Waals surface area contributed by atoms with Crippen LogP contribution in [0.4, 0.5) is 0 Å². The van der Waals surface area contributed by atoms with Crippen molar-refractivity contribution in [3.05, 3.63) is 356 Å². The zero-order valence-corrected chi connectivity index (χ0v) is 70.9. The third-order valence-electron chi connectivity index (χ3n) is 25.9. The first-order chi connectivity index (χ1) is 54.2. The van der Waals surface area contributed by atoms with Crippen LogP contribution < -0.4 is 56.6 Å². The molecule has 0 radical (unpaired) electrons. The fourth-order valence-electron chi connectivity index (χ4n) is 18.8. The molecule has 0 N–H and O–H groups in total. The first kappa shape index (κ1) is 71.4. The lowest BCUT2D eigenvalue weighted by Crippen LogP contribution is -2.76. The fourth-order valence-corrected chi connectivity index (χ4v) is 38.0. The average molecular weight is 1550 g/mol. The lowest BCUT2D eigenvalue weighted by Gasteiger charge is -2.42. The molecule has 6 nitrogen and oxygen atoms in total. The van der Waals surface area contributed by atoms with Crippen LogP contribution in [0, 0.1) is 0 Å². The molecule has 0 saturated heterocycles. The Morgan fingerprint density at radius 2 is 0.884 bits per heavy atom. The Morgan fingerprint density at radius 3 is 1.55 bits per heavy atom. The summed E-state index contributed by atoms with van der Waals surface area (Å²) in [6.07, 6.45) is 0. The molecule has 6 heterocycles. The van der Waals surface area contributed by atoms with Crippen molar-refractivity contribution in [1.29, 1.82) is 0 Å². The first-order valence-electron chi connectivity index (χ1n) is 39.2. The third-order valence-corrected chi connectivity index (χ3v) is 48.4. The van der Waals surface area contributed by atoms with E-state index in [-0.39, 0.29) is 15.5 Å². The monoisotopic (exact) mass is 1550 g/mol. The van der Waals surface area contributed by atoms with Gasteiger partial charge in [0.05, 0.1) is 59.5 Å². The molecule has 0 fully saturated rings. The quantitative estimate of drug-likeness (QED) is 0.101. The van der Waals surface area contributed by atoms with Gasteiger partial charge in [-0.25, -0.2) is 9.97 Å². The summed E-state index contributed by atoms with van der Waals surface area (Å²) in [5.74, 6) is 2.95. The number of rotatable bonds is 10. The number of nitrogens with zero attached hydrogens (tertiary/aromatic N) is 5. The van der Waals surface area contributed by atoms with E-state index in [1.54, 1.807) is 16.5 Å². The highest BCUT2D eigenvalue weighted by Crippen LogP contribution is 2.48. The smallest absolute Gasteiger partial charge is 0.220 e. The zero-order chi connectivity index (χ0) is 76.7. The predicted molar refractivity (Wildman–Crippen MR) is 486 cm³/mol. The van der Waals surface area contributed by atoms with Gasteiger partial charge in [0.15, 0.2) is 21.1 Å². The number of fused-ring (bicyclic) bond motifs is 14. The summed E-state index contributed by atoms with van der Waals surface area (Å²) < 4.78 is 15.6. The van der Waals surface area contributed by atoms with Crippen molar-refractivity contribution in [3.63, 3.8) is 0 Å². The number of para-hydroxylation sites is 8. The summed E-state index contributed by atoms with van der Waals surface area (Å²) in [4.78, 5) is 14.4. The van der Waals surface area contributed by atoms with Crippen molar-refractivity contribution in [2.24, 2.45) is 0 Å². The van der Waals surface area contributed by atoms with Crippen molar-refractivity contribution in [3.8, 4) is 28.3 Å². The Hall–Kier alpha value is -10.9. The minimum Gasteiger partial charge on any atom is -0.457 e. The molecular formula is C100H89N5OS2Si4. The molecule has 548 valence electrons. The van der Waals surface area contributed by atoms with E-state index < -0.39 is 32.3 Å². The van der Waals surface area contributed by atoms with Crippen LogP contribution in [0.2, 0.25) is 26.2 Å². The number of aromatic nitrogens is 5. The molecule has 2 aliphatic rings. The van der Waals surface area contributed by atoms with Gasteiger partial charge in [-0.2, -0.15) is 0 Å². The molecule has 0 saturated carbocycles. The van der Waals surface area contributed by atoms with Crippen LogP contribution >= 0.6 is 23.1 Å². The van der Waals surface area contributed by atoms with E-state index >= 15 is 0 Å². The Labute approximate surface area is 668 Å². The normalized spacial score (nSPS) is 14.9. The Morgan fingerprint density at radius 1 is 0.393 bits per heavy atom. The highest BCUT2D eigenvalue weighted by molar-refractivity contribution is 8.00. The van der Waals surface area contributed by atoms with Crippen LogP contribution in [0.1, 0.15) is 65.2 Å². The van der Waals surface area contributed by atoms with Crippen LogP contribution in [0.3, 0.4) is 0 Å². The molecule has 0 spiro atoms. The topological polar surface area (TPSA) is 48.8 Å². The maximum absolute atomic E-state index is 7.43. The number of benzene rings is 14. The van der Waals surface area contributed by atoms with Crippen LogP contribution in [0.5, 0.6) is 11.5 Å². The van der Waals surface area contributed by atoms with Crippen LogP contribution in [0.25, 0.3) is 70.9 Å². The SMILES string of the molecule is CC(C)(C)c1cc([Si](c2ccccc2)(c2ccccc2)c2cccc3c2Oc2ccccc2[Si](C)(C)C3(C)C)ccc1-c1cccc2c1nc1sc3ccccc3n12.CC1(C)c2ccccc2Sc2c([Si](c3ccccc3)(c3ccccc3)c3ccc(-n4c5ccccc5n5c6ccccc6nc45)cc3)cccc2[Si]1(C)C. The van der Waals surface area contributed by atoms with Gasteiger partial charge in [-0.05, 0) is 156 Å². The van der Waals surface area contributed by atoms with Crippen molar-refractivity contribution >= 4 is 161 Å². The molecule has 0 unspecified atom stereocenters. The molecule has 12 heteroatoms. The lowest BCUT2D eigenvalue weighted by molar-refractivity contribution is 0.480. The second kappa shape index (κ2) is 26.9. The fraction of sp³-hybridized carbons (Fsp3) is 0.140. The van der Waals surface area contributed by atoms with Crippen molar-refractivity contribution in [2.75, 3.05) is 0 Å². The minimum atomic E-state index is -3.09. The summed E-state index contributed by atoms with van der Waals surface area (Å²) >= 11 is 3.76. The standard InChI is InChI=1S/C52H48N2OSSi2.C48H41N3SSi2/c1-51(2,3)41-34-37(32-33-38(41)39-24-18-27-43-48(39)53-50-54(43)42-26-14-16-29-45(42)56-50)58(35-20-10-8-11-21-35,36-22-12-9-13-23-36)47-31-19-25-40-49(47)55-44-28-15-17-30-46(44)57(6,7)52(40,4)5;1-48(2)38-22-11-16-27-43(38)52-46-44(53(48,3)4)28-17-29-45(46)54(35-18-7-5-8-19-35,36-20-9-6-10-21-36)37-32-30-34(31-33-37)50-41-25-14-15-26-42(41)51-40-24-13-12-23-39(40)49-47(50)51/h8-34H,1-7H3;5-33H,1-4H3. The minimum absolute atomic E-state index is 0.0499. The van der Waals surface area contributed by atoms with E-state index in [2.05, 4.69) is 428 Å². The van der Waals surface area contributed by atoms with Gasteiger partial charge in [0.25, 0.3) is 0 Å². The van der Waals surface area contributed by atoms with E-state index in [9.17, 15) is 0 Å². The van der Waals surface area contributed by atoms with Gasteiger partial charge in [0.1, 0.15) is 11.5 Å². The molecule has 2 aliphatic heterocycles. The lowest BCUT2D eigenvalue weighted by atomic mass is 9.81. The molecule has 0 aliphatic carbocycles. The summed E-state index contributed by atoms with van der Waals surface area (Å²) in [5, 5.41) is 13.8. The molecule has 112 heavy (non-hydrogen) atoms. The van der Waals surface area contributed by atoms with Crippen LogP contribution in [0.15, 0.2) is 350 Å². The van der Waals surface area contributed by atoms with Gasteiger partial charge < -0.3 is 4.74 Å². The summed E-state index contributed by atoms with van der Waals surface area (Å²) in [5.41, 5.74) is 15.2. The molecule has 0 amide bonds. The number of thiazole rings is 1. The first-order valence-corrected chi connectivity index (χ1v) is 50.8. The molecule has 14 aromatic carbocycles.